The number of benzene rings is 2. The van der Waals surface area contributed by atoms with Crippen molar-refractivity contribution in [1.82, 2.24) is 20.5 Å². The first-order valence-corrected chi connectivity index (χ1v) is 10.4. The van der Waals surface area contributed by atoms with Crippen LogP contribution < -0.4 is 15.0 Å². The summed E-state index contributed by atoms with van der Waals surface area (Å²) in [4.78, 5) is 30.1. The molecule has 1 fully saturated rings. The van der Waals surface area contributed by atoms with Gasteiger partial charge in [-0.2, -0.15) is 0 Å². The van der Waals surface area contributed by atoms with Crippen LogP contribution in [-0.4, -0.2) is 46.7 Å². The van der Waals surface area contributed by atoms with Crippen LogP contribution in [0.4, 0.5) is 5.69 Å². The average Bonchev–Trinajstić information content (AvgIpc) is 3.55. The Morgan fingerprint density at radius 3 is 2.77 bits per heavy atom. The number of amides is 2. The summed E-state index contributed by atoms with van der Waals surface area (Å²) < 4.78 is 5.92. The highest BCUT2D eigenvalue weighted by Crippen LogP contribution is 2.43. The second kappa shape index (κ2) is 7.86. The first-order chi connectivity index (χ1) is 15.1. The van der Waals surface area contributed by atoms with Crippen molar-refractivity contribution < 1.29 is 14.3 Å². The second-order valence-corrected chi connectivity index (χ2v) is 8.02. The molecular formula is C23H23N5O3. The van der Waals surface area contributed by atoms with Gasteiger partial charge in [-0.05, 0) is 42.0 Å². The lowest BCUT2D eigenvalue weighted by Crippen LogP contribution is -2.49. The summed E-state index contributed by atoms with van der Waals surface area (Å²) in [5.41, 5.74) is 2.99. The van der Waals surface area contributed by atoms with Crippen LogP contribution in [0, 0.1) is 0 Å². The lowest BCUT2D eigenvalue weighted by atomic mass is 10.1. The highest BCUT2D eigenvalue weighted by atomic mass is 16.5. The van der Waals surface area contributed by atoms with E-state index in [0.29, 0.717) is 29.6 Å². The molecular weight excluding hydrogens is 394 g/mol. The molecule has 5 rings (SSSR count). The van der Waals surface area contributed by atoms with Crippen LogP contribution in [-0.2, 0) is 11.2 Å². The molecule has 1 aliphatic heterocycles. The third-order valence-electron chi connectivity index (χ3n) is 5.70. The number of fused-ring (bicyclic) bond motifs is 1. The SMILES string of the molecule is CN1C(=O)[C@@H](NC(=O)c2nnc(Cc3ccccc3)[nH]2)COc2cc(C3CC3)ccc21. The highest BCUT2D eigenvalue weighted by Gasteiger charge is 2.32. The van der Waals surface area contributed by atoms with Crippen molar-refractivity contribution in [1.29, 1.82) is 0 Å². The first kappa shape index (κ1) is 19.3. The molecule has 2 N–H and O–H groups in total. The van der Waals surface area contributed by atoms with Crippen LogP contribution in [0.25, 0.3) is 0 Å². The minimum atomic E-state index is -0.822. The topological polar surface area (TPSA) is 100 Å². The van der Waals surface area contributed by atoms with E-state index in [2.05, 4.69) is 20.5 Å². The number of aromatic amines is 1. The van der Waals surface area contributed by atoms with E-state index < -0.39 is 11.9 Å². The molecule has 8 heteroatoms. The molecule has 3 aromatic rings. The van der Waals surface area contributed by atoms with E-state index >= 15 is 0 Å². The Morgan fingerprint density at radius 1 is 1.19 bits per heavy atom. The fourth-order valence-electron chi connectivity index (χ4n) is 3.79. The molecule has 1 atom stereocenters. The molecule has 0 radical (unpaired) electrons. The third-order valence-corrected chi connectivity index (χ3v) is 5.70. The van der Waals surface area contributed by atoms with Crippen LogP contribution in [0.3, 0.4) is 0 Å². The van der Waals surface area contributed by atoms with E-state index in [1.807, 2.05) is 48.5 Å². The largest absolute Gasteiger partial charge is 0.489 e. The van der Waals surface area contributed by atoms with E-state index in [4.69, 9.17) is 4.74 Å². The van der Waals surface area contributed by atoms with E-state index in [1.165, 1.54) is 23.3 Å². The molecule has 0 bridgehead atoms. The number of rotatable bonds is 5. The minimum Gasteiger partial charge on any atom is -0.489 e. The molecule has 2 aliphatic rings. The van der Waals surface area contributed by atoms with Gasteiger partial charge in [0.1, 0.15) is 24.2 Å². The number of ether oxygens (including phenoxy) is 1. The van der Waals surface area contributed by atoms with Gasteiger partial charge in [-0.1, -0.05) is 36.4 Å². The van der Waals surface area contributed by atoms with E-state index in [9.17, 15) is 9.59 Å². The third kappa shape index (κ3) is 4.01. The second-order valence-electron chi connectivity index (χ2n) is 8.02. The zero-order chi connectivity index (χ0) is 21.4. The summed E-state index contributed by atoms with van der Waals surface area (Å²) in [5.74, 6) is 1.17. The maximum Gasteiger partial charge on any atom is 0.289 e. The van der Waals surface area contributed by atoms with Crippen molar-refractivity contribution in [2.24, 2.45) is 0 Å². The molecule has 0 saturated heterocycles. The number of carbonyl (C=O) groups is 2. The summed E-state index contributed by atoms with van der Waals surface area (Å²) in [6.07, 6.45) is 2.92. The molecule has 0 spiro atoms. The van der Waals surface area contributed by atoms with Crippen molar-refractivity contribution in [2.75, 3.05) is 18.6 Å². The zero-order valence-electron chi connectivity index (χ0n) is 17.2. The summed E-state index contributed by atoms with van der Waals surface area (Å²) in [7, 11) is 1.69. The van der Waals surface area contributed by atoms with E-state index in [1.54, 1.807) is 7.05 Å². The highest BCUT2D eigenvalue weighted by molar-refractivity contribution is 6.02. The summed E-state index contributed by atoms with van der Waals surface area (Å²) in [6.45, 7) is 0.0566. The quantitative estimate of drug-likeness (QED) is 0.664. The first-order valence-electron chi connectivity index (χ1n) is 10.4. The van der Waals surface area contributed by atoms with Crippen molar-refractivity contribution >= 4 is 17.5 Å². The van der Waals surface area contributed by atoms with Crippen LogP contribution in [0.15, 0.2) is 48.5 Å². The molecule has 31 heavy (non-hydrogen) atoms. The van der Waals surface area contributed by atoms with Crippen molar-refractivity contribution in [3.8, 4) is 5.75 Å². The molecule has 158 valence electrons. The lowest BCUT2D eigenvalue weighted by Gasteiger charge is -2.20. The van der Waals surface area contributed by atoms with Gasteiger partial charge in [0, 0.05) is 13.5 Å². The number of nitrogens with one attached hydrogen (secondary N) is 2. The number of nitrogens with zero attached hydrogens (tertiary/aromatic N) is 3. The monoisotopic (exact) mass is 417 g/mol. The van der Waals surface area contributed by atoms with Crippen molar-refractivity contribution in [3.63, 3.8) is 0 Å². The molecule has 2 amide bonds. The molecule has 1 aromatic heterocycles. The Morgan fingerprint density at radius 2 is 2.00 bits per heavy atom. The van der Waals surface area contributed by atoms with Gasteiger partial charge in [-0.25, -0.2) is 0 Å². The number of hydrogen-bond donors (Lipinski definition) is 2. The van der Waals surface area contributed by atoms with Gasteiger partial charge in [0.15, 0.2) is 0 Å². The number of H-pyrrole nitrogens is 1. The normalized spacial score (nSPS) is 18.2. The maximum absolute atomic E-state index is 12.9. The lowest BCUT2D eigenvalue weighted by molar-refractivity contribution is -0.120. The van der Waals surface area contributed by atoms with Gasteiger partial charge in [-0.15, -0.1) is 10.2 Å². The Balaban J connectivity index is 1.27. The van der Waals surface area contributed by atoms with Crippen LogP contribution in [0.1, 0.15) is 46.3 Å². The molecule has 2 heterocycles. The van der Waals surface area contributed by atoms with Crippen molar-refractivity contribution in [3.05, 3.63) is 71.3 Å². The maximum atomic E-state index is 12.9. The molecule has 2 aromatic carbocycles. The Bertz CT molecular complexity index is 1120. The van der Waals surface area contributed by atoms with Gasteiger partial charge in [0.25, 0.3) is 11.8 Å². The smallest absolute Gasteiger partial charge is 0.289 e. The summed E-state index contributed by atoms with van der Waals surface area (Å²) in [6, 6.07) is 14.9. The number of hydrogen-bond acceptors (Lipinski definition) is 5. The fourth-order valence-corrected chi connectivity index (χ4v) is 3.79. The van der Waals surface area contributed by atoms with Gasteiger partial charge < -0.3 is 19.9 Å². The van der Waals surface area contributed by atoms with Crippen LogP contribution in [0.2, 0.25) is 0 Å². The van der Waals surface area contributed by atoms with Crippen molar-refractivity contribution in [2.45, 2.75) is 31.2 Å². The molecule has 0 unspecified atom stereocenters. The zero-order valence-corrected chi connectivity index (χ0v) is 17.2. The Labute approximate surface area is 179 Å². The van der Waals surface area contributed by atoms with E-state index in [0.717, 1.165) is 5.56 Å². The van der Waals surface area contributed by atoms with Gasteiger partial charge in [-0.3, -0.25) is 9.59 Å². The van der Waals surface area contributed by atoms with Crippen LogP contribution in [0.5, 0.6) is 5.75 Å². The van der Waals surface area contributed by atoms with Gasteiger partial charge in [0.2, 0.25) is 5.82 Å². The Hall–Kier alpha value is -3.68. The van der Waals surface area contributed by atoms with Gasteiger partial charge >= 0.3 is 0 Å². The predicted octanol–water partition coefficient (Wildman–Crippen LogP) is 2.43. The molecule has 8 nitrogen and oxygen atoms in total. The predicted molar refractivity (Wildman–Crippen MR) is 114 cm³/mol. The molecule has 1 saturated carbocycles. The fraction of sp³-hybridized carbons (Fsp3) is 0.304. The summed E-state index contributed by atoms with van der Waals surface area (Å²) in [5, 5.41) is 10.7. The number of anilines is 1. The van der Waals surface area contributed by atoms with Crippen LogP contribution >= 0.6 is 0 Å². The minimum absolute atomic E-state index is 0.0566. The Kier molecular flexibility index (Phi) is 4.89. The standard InChI is InChI=1S/C23H23N5O3/c1-28-18-10-9-16(15-7-8-15)12-19(18)31-13-17(23(28)30)24-22(29)21-25-20(26-27-21)11-14-5-3-2-4-6-14/h2-6,9-10,12,15,17H,7-8,11,13H2,1H3,(H,24,29)(H,25,26,27)/t17-/m0/s1. The number of likely N-dealkylation sites (N-methyl/N-ethyl adjacent to an activating group) is 1. The average molecular weight is 417 g/mol. The molecule has 1 aliphatic carbocycles. The number of carbonyl (C=O) groups excluding carboxylic acids is 2. The number of aromatic nitrogens is 3. The van der Waals surface area contributed by atoms with Gasteiger partial charge in [0.05, 0.1) is 5.69 Å². The van der Waals surface area contributed by atoms with E-state index in [-0.39, 0.29) is 18.3 Å². The summed E-state index contributed by atoms with van der Waals surface area (Å²) >= 11 is 0.